The van der Waals surface area contributed by atoms with E-state index in [9.17, 15) is 13.2 Å². The minimum atomic E-state index is -3.50. The van der Waals surface area contributed by atoms with Gasteiger partial charge in [0.05, 0.1) is 16.3 Å². The van der Waals surface area contributed by atoms with E-state index in [2.05, 4.69) is 14.9 Å². The molecule has 2 aliphatic heterocycles. The van der Waals surface area contributed by atoms with Crippen LogP contribution in [0.25, 0.3) is 0 Å². The van der Waals surface area contributed by atoms with Crippen LogP contribution in [0.5, 0.6) is 11.5 Å². The molecule has 1 unspecified atom stereocenters. The summed E-state index contributed by atoms with van der Waals surface area (Å²) in [7, 11) is -3.50. The second-order valence-electron chi connectivity index (χ2n) is 8.13. The van der Waals surface area contributed by atoms with Crippen molar-refractivity contribution in [3.05, 3.63) is 72.8 Å². The molecule has 0 saturated carbocycles. The molecule has 0 spiro atoms. The molecule has 2 aromatic carbocycles. The van der Waals surface area contributed by atoms with Gasteiger partial charge in [0.2, 0.25) is 6.10 Å². The molecular formula is C24H24N4O5S. The van der Waals surface area contributed by atoms with Gasteiger partial charge < -0.3 is 19.3 Å². The normalized spacial score (nSPS) is 17.9. The first kappa shape index (κ1) is 22.1. The van der Waals surface area contributed by atoms with Crippen LogP contribution < -0.4 is 14.4 Å². The van der Waals surface area contributed by atoms with Crippen molar-refractivity contribution in [2.75, 3.05) is 37.7 Å². The van der Waals surface area contributed by atoms with E-state index in [1.165, 1.54) is 12.5 Å². The second-order valence-corrected chi connectivity index (χ2v) is 10.1. The molecule has 34 heavy (non-hydrogen) atoms. The number of benzene rings is 2. The third-order valence-electron chi connectivity index (χ3n) is 5.92. The highest BCUT2D eigenvalue weighted by Crippen LogP contribution is 2.31. The average Bonchev–Trinajstić information content (AvgIpc) is 2.88. The molecular weight excluding hydrogens is 456 g/mol. The van der Waals surface area contributed by atoms with Crippen LogP contribution in [0.2, 0.25) is 0 Å². The third kappa shape index (κ3) is 4.67. The maximum absolute atomic E-state index is 12.9. The number of aromatic nitrogens is 2. The van der Waals surface area contributed by atoms with Crippen molar-refractivity contribution in [3.8, 4) is 11.5 Å². The van der Waals surface area contributed by atoms with Crippen LogP contribution in [0, 0.1) is 0 Å². The molecule has 3 aromatic rings. The number of ether oxygens (including phenoxy) is 2. The summed E-state index contributed by atoms with van der Waals surface area (Å²) >= 11 is 0. The van der Waals surface area contributed by atoms with Crippen molar-refractivity contribution in [1.29, 1.82) is 0 Å². The largest absolute Gasteiger partial charge is 0.485 e. The summed E-state index contributed by atoms with van der Waals surface area (Å²) in [6.07, 6.45) is 2.21. The second kappa shape index (κ2) is 9.30. The minimum Gasteiger partial charge on any atom is -0.485 e. The molecule has 1 atom stereocenters. The Kier molecular flexibility index (Phi) is 6.06. The summed E-state index contributed by atoms with van der Waals surface area (Å²) in [4.78, 5) is 24.9. The lowest BCUT2D eigenvalue weighted by molar-refractivity contribution is -0.141. The van der Waals surface area contributed by atoms with Crippen molar-refractivity contribution in [1.82, 2.24) is 14.9 Å². The van der Waals surface area contributed by atoms with Gasteiger partial charge in [0.15, 0.2) is 21.3 Å². The number of rotatable bonds is 5. The van der Waals surface area contributed by atoms with E-state index in [1.54, 1.807) is 41.3 Å². The number of carbonyl (C=O) groups excluding carboxylic acids is 1. The lowest BCUT2D eigenvalue weighted by atomic mass is 10.2. The molecule has 1 amide bonds. The smallest absolute Gasteiger partial charge is 0.267 e. The Morgan fingerprint density at radius 1 is 0.971 bits per heavy atom. The standard InChI is InChI=1S/C24H24N4O5S/c29-24(23-15-32-21-3-1-2-4-22(21)33-23)28-13-11-27(12-14-28)19-5-7-20(8-6-19)34(30,31)16-18-9-10-25-17-26-18/h1-10,17,23H,11-16H2. The Morgan fingerprint density at radius 3 is 2.41 bits per heavy atom. The highest BCUT2D eigenvalue weighted by atomic mass is 32.2. The van der Waals surface area contributed by atoms with Crippen LogP contribution in [-0.2, 0) is 20.4 Å². The zero-order valence-electron chi connectivity index (χ0n) is 18.4. The first-order valence-corrected chi connectivity index (χ1v) is 12.6. The number of piperazine rings is 1. The van der Waals surface area contributed by atoms with Gasteiger partial charge in [-0.2, -0.15) is 0 Å². The predicted octanol–water partition coefficient (Wildman–Crippen LogP) is 1.94. The number of carbonyl (C=O) groups is 1. The van der Waals surface area contributed by atoms with E-state index in [-0.39, 0.29) is 23.2 Å². The molecule has 0 N–H and O–H groups in total. The lowest BCUT2D eigenvalue weighted by Crippen LogP contribution is -2.54. The first-order valence-electron chi connectivity index (χ1n) is 11.0. The van der Waals surface area contributed by atoms with Gasteiger partial charge in [0, 0.05) is 38.1 Å². The lowest BCUT2D eigenvalue weighted by Gasteiger charge is -2.38. The number of hydrogen-bond acceptors (Lipinski definition) is 8. The Morgan fingerprint density at radius 2 is 1.71 bits per heavy atom. The number of para-hydroxylation sites is 2. The number of anilines is 1. The zero-order valence-corrected chi connectivity index (χ0v) is 19.2. The zero-order chi connectivity index (χ0) is 23.5. The van der Waals surface area contributed by atoms with Gasteiger partial charge >= 0.3 is 0 Å². The van der Waals surface area contributed by atoms with Gasteiger partial charge in [-0.25, -0.2) is 18.4 Å². The van der Waals surface area contributed by atoms with E-state index >= 15 is 0 Å². The van der Waals surface area contributed by atoms with Crippen molar-refractivity contribution in [2.24, 2.45) is 0 Å². The molecule has 3 heterocycles. The summed E-state index contributed by atoms with van der Waals surface area (Å²) in [6.45, 7) is 2.58. The molecule has 0 aliphatic carbocycles. The maximum atomic E-state index is 12.9. The summed E-state index contributed by atoms with van der Waals surface area (Å²) < 4.78 is 36.9. The SMILES string of the molecule is O=C(C1COc2ccccc2O1)N1CCN(c2ccc(S(=O)(=O)Cc3ccncn3)cc2)CC1. The quantitative estimate of drug-likeness (QED) is 0.546. The van der Waals surface area contributed by atoms with E-state index < -0.39 is 15.9 Å². The molecule has 0 bridgehead atoms. The fourth-order valence-electron chi connectivity index (χ4n) is 4.08. The van der Waals surface area contributed by atoms with E-state index in [4.69, 9.17) is 9.47 Å². The number of fused-ring (bicyclic) bond motifs is 1. The molecule has 176 valence electrons. The Hall–Kier alpha value is -3.66. The maximum Gasteiger partial charge on any atom is 0.267 e. The predicted molar refractivity (Wildman–Crippen MR) is 125 cm³/mol. The summed E-state index contributed by atoms with van der Waals surface area (Å²) in [5, 5.41) is 0. The number of nitrogens with zero attached hydrogens (tertiary/aromatic N) is 4. The molecule has 1 aromatic heterocycles. The van der Waals surface area contributed by atoms with E-state index in [0.29, 0.717) is 43.4 Å². The molecule has 9 nitrogen and oxygen atoms in total. The highest BCUT2D eigenvalue weighted by molar-refractivity contribution is 7.90. The van der Waals surface area contributed by atoms with Crippen LogP contribution in [0.15, 0.2) is 72.0 Å². The summed E-state index contributed by atoms with van der Waals surface area (Å²) in [6, 6.07) is 15.8. The van der Waals surface area contributed by atoms with E-state index in [1.807, 2.05) is 18.2 Å². The van der Waals surface area contributed by atoms with Crippen molar-refractivity contribution in [3.63, 3.8) is 0 Å². The molecule has 10 heteroatoms. The topological polar surface area (TPSA) is 102 Å². The van der Waals surface area contributed by atoms with Crippen LogP contribution in [0.4, 0.5) is 5.69 Å². The Balaban J connectivity index is 1.18. The van der Waals surface area contributed by atoms with Gasteiger partial charge in [-0.3, -0.25) is 4.79 Å². The molecule has 0 radical (unpaired) electrons. The van der Waals surface area contributed by atoms with Crippen LogP contribution in [0.3, 0.4) is 0 Å². The third-order valence-corrected chi connectivity index (χ3v) is 7.58. The highest BCUT2D eigenvalue weighted by Gasteiger charge is 2.32. The van der Waals surface area contributed by atoms with Crippen LogP contribution in [0.1, 0.15) is 5.69 Å². The Labute approximate surface area is 197 Å². The van der Waals surface area contributed by atoms with Gasteiger partial charge in [-0.05, 0) is 42.5 Å². The fourth-order valence-corrected chi connectivity index (χ4v) is 5.35. The van der Waals surface area contributed by atoms with Crippen LogP contribution >= 0.6 is 0 Å². The molecule has 2 aliphatic rings. The minimum absolute atomic E-state index is 0.0830. The van der Waals surface area contributed by atoms with Crippen LogP contribution in [-0.4, -0.2) is 68.1 Å². The molecule has 1 saturated heterocycles. The number of sulfone groups is 1. The molecule has 1 fully saturated rings. The Bertz CT molecular complexity index is 1260. The van der Waals surface area contributed by atoms with Gasteiger partial charge in [-0.1, -0.05) is 12.1 Å². The number of hydrogen-bond donors (Lipinski definition) is 0. The number of amides is 1. The van der Waals surface area contributed by atoms with Crippen molar-refractivity contribution >= 4 is 21.4 Å². The van der Waals surface area contributed by atoms with Gasteiger partial charge in [0.25, 0.3) is 5.91 Å². The fraction of sp³-hybridized carbons (Fsp3) is 0.292. The first-order chi connectivity index (χ1) is 16.5. The van der Waals surface area contributed by atoms with Gasteiger partial charge in [0.1, 0.15) is 12.9 Å². The van der Waals surface area contributed by atoms with Crippen molar-refractivity contribution in [2.45, 2.75) is 16.8 Å². The van der Waals surface area contributed by atoms with Gasteiger partial charge in [-0.15, -0.1) is 0 Å². The van der Waals surface area contributed by atoms with Crippen molar-refractivity contribution < 1.29 is 22.7 Å². The average molecular weight is 481 g/mol. The monoisotopic (exact) mass is 480 g/mol. The summed E-state index contributed by atoms with van der Waals surface area (Å²) in [5.74, 6) is 0.979. The molecule has 5 rings (SSSR count). The summed E-state index contributed by atoms with van der Waals surface area (Å²) in [5.41, 5.74) is 1.37. The van der Waals surface area contributed by atoms with E-state index in [0.717, 1.165) is 5.69 Å².